The zero-order valence-corrected chi connectivity index (χ0v) is 29.1. The Morgan fingerprint density at radius 2 is 1.66 bits per heavy atom. The Hall–Kier alpha value is -3.94. The van der Waals surface area contributed by atoms with Gasteiger partial charge in [-0.05, 0) is 55.2 Å². The van der Waals surface area contributed by atoms with Crippen molar-refractivity contribution in [2.45, 2.75) is 77.5 Å². The van der Waals surface area contributed by atoms with Gasteiger partial charge in [0.2, 0.25) is 23.6 Å². The van der Waals surface area contributed by atoms with Crippen molar-refractivity contribution in [1.82, 2.24) is 30.2 Å². The van der Waals surface area contributed by atoms with E-state index >= 15 is 0 Å². The lowest BCUT2D eigenvalue weighted by molar-refractivity contribution is -0.152. The lowest BCUT2D eigenvalue weighted by atomic mass is 9.70. The topological polar surface area (TPSA) is 126 Å². The second-order valence-corrected chi connectivity index (χ2v) is 15.5. The summed E-state index contributed by atoms with van der Waals surface area (Å²) in [6.07, 6.45) is 3.39. The molecular weight excluding hydrogens is 653 g/mol. The molecule has 14 heteroatoms. The van der Waals surface area contributed by atoms with Gasteiger partial charge in [0.25, 0.3) is 5.91 Å². The highest BCUT2D eigenvalue weighted by Crippen LogP contribution is 2.54. The standard InChI is InChI=1S/C36H47F3N6O5/c1-22(50-18-24-9-11-36(38,39)12-10-24)29(31(47)40-4)42-30(46)28-17-43(19-35(28)20-44(21-35)33(49)27-13-34(27,2)3)32(48)25-14-41-45(16-25)15-23-5-7-26(37)8-6-23/h5-8,14,16,22,24,27-29H,9-13,15,17-21H2,1-4H3,(H,40,47)(H,42,46)/t22-,27-,28+,29+/m1/s1. The van der Waals surface area contributed by atoms with Crippen LogP contribution in [0.1, 0.15) is 68.8 Å². The summed E-state index contributed by atoms with van der Waals surface area (Å²) in [5, 5.41) is 9.78. The van der Waals surface area contributed by atoms with E-state index in [0.717, 1.165) is 12.0 Å². The number of nitrogens with zero attached hydrogens (tertiary/aromatic N) is 4. The first-order chi connectivity index (χ1) is 23.6. The van der Waals surface area contributed by atoms with Crippen molar-refractivity contribution in [2.75, 3.05) is 39.8 Å². The molecule has 4 atom stereocenters. The van der Waals surface area contributed by atoms with Crippen LogP contribution in [0.5, 0.6) is 0 Å². The van der Waals surface area contributed by atoms with Crippen molar-refractivity contribution < 1.29 is 37.1 Å². The average Bonchev–Trinajstić information content (AvgIpc) is 3.36. The van der Waals surface area contributed by atoms with Crippen molar-refractivity contribution >= 4 is 23.6 Å². The molecule has 1 aromatic carbocycles. The van der Waals surface area contributed by atoms with E-state index in [4.69, 9.17) is 4.74 Å². The highest BCUT2D eigenvalue weighted by atomic mass is 19.3. The van der Waals surface area contributed by atoms with Gasteiger partial charge in [-0.25, -0.2) is 13.2 Å². The monoisotopic (exact) mass is 700 g/mol. The Morgan fingerprint density at radius 3 is 2.28 bits per heavy atom. The lowest BCUT2D eigenvalue weighted by Gasteiger charge is -2.50. The van der Waals surface area contributed by atoms with Crippen LogP contribution < -0.4 is 10.6 Å². The Kier molecular flexibility index (Phi) is 9.79. The summed E-state index contributed by atoms with van der Waals surface area (Å²) in [7, 11) is 1.46. The van der Waals surface area contributed by atoms with Crippen molar-refractivity contribution in [1.29, 1.82) is 0 Å². The molecule has 2 N–H and O–H groups in total. The fourth-order valence-electron chi connectivity index (χ4n) is 7.76. The second kappa shape index (κ2) is 13.6. The van der Waals surface area contributed by atoms with Crippen LogP contribution in [0.4, 0.5) is 13.2 Å². The number of nitrogens with one attached hydrogen (secondary N) is 2. The van der Waals surface area contributed by atoms with Gasteiger partial charge in [0.1, 0.15) is 11.9 Å². The molecule has 6 rings (SSSR count). The molecule has 2 saturated carbocycles. The number of amides is 4. The Bertz CT molecular complexity index is 1600. The third kappa shape index (κ3) is 7.54. The molecule has 4 amide bonds. The number of rotatable bonds is 11. The molecule has 0 unspecified atom stereocenters. The van der Waals surface area contributed by atoms with Crippen LogP contribution in [0.25, 0.3) is 0 Å². The fourth-order valence-corrected chi connectivity index (χ4v) is 7.76. The predicted octanol–water partition coefficient (Wildman–Crippen LogP) is 3.48. The highest BCUT2D eigenvalue weighted by Gasteiger charge is 2.62. The number of aromatic nitrogens is 2. The maximum absolute atomic E-state index is 14.1. The number of benzene rings is 1. The maximum Gasteiger partial charge on any atom is 0.257 e. The van der Waals surface area contributed by atoms with E-state index in [-0.39, 0.29) is 67.4 Å². The van der Waals surface area contributed by atoms with E-state index in [0.29, 0.717) is 38.0 Å². The number of alkyl halides is 2. The third-order valence-corrected chi connectivity index (χ3v) is 11.3. The molecule has 1 aromatic heterocycles. The number of hydrogen-bond donors (Lipinski definition) is 2. The number of halogens is 3. The van der Waals surface area contributed by atoms with Crippen LogP contribution in [0.2, 0.25) is 0 Å². The normalized spacial score (nSPS) is 24.7. The zero-order chi connectivity index (χ0) is 36.0. The second-order valence-electron chi connectivity index (χ2n) is 15.5. The molecule has 11 nitrogen and oxygen atoms in total. The first-order valence-electron chi connectivity index (χ1n) is 17.5. The minimum Gasteiger partial charge on any atom is -0.376 e. The van der Waals surface area contributed by atoms with Crippen LogP contribution in [0.3, 0.4) is 0 Å². The number of hydrogen-bond acceptors (Lipinski definition) is 6. The summed E-state index contributed by atoms with van der Waals surface area (Å²) in [6, 6.07) is 4.95. The molecule has 2 aromatic rings. The van der Waals surface area contributed by atoms with Gasteiger partial charge in [-0.2, -0.15) is 5.10 Å². The van der Waals surface area contributed by atoms with Gasteiger partial charge in [-0.3, -0.25) is 23.9 Å². The molecule has 3 heterocycles. The highest BCUT2D eigenvalue weighted by molar-refractivity contribution is 5.95. The van der Waals surface area contributed by atoms with Crippen LogP contribution in [0, 0.1) is 34.4 Å². The summed E-state index contributed by atoms with van der Waals surface area (Å²) < 4.78 is 48.3. The quantitative estimate of drug-likeness (QED) is 0.370. The number of ether oxygens (including phenoxy) is 1. The molecule has 0 bridgehead atoms. The van der Waals surface area contributed by atoms with Crippen molar-refractivity contribution in [3.05, 3.63) is 53.6 Å². The molecule has 50 heavy (non-hydrogen) atoms. The van der Waals surface area contributed by atoms with Crippen molar-refractivity contribution in [2.24, 2.45) is 28.6 Å². The van der Waals surface area contributed by atoms with E-state index < -0.39 is 41.2 Å². The van der Waals surface area contributed by atoms with Crippen molar-refractivity contribution in [3.8, 4) is 0 Å². The van der Waals surface area contributed by atoms with E-state index in [1.54, 1.807) is 39.7 Å². The van der Waals surface area contributed by atoms with Gasteiger partial charge in [-0.15, -0.1) is 0 Å². The lowest BCUT2D eigenvalue weighted by Crippen LogP contribution is -2.65. The van der Waals surface area contributed by atoms with Gasteiger partial charge in [-0.1, -0.05) is 26.0 Å². The van der Waals surface area contributed by atoms with Crippen LogP contribution in [0.15, 0.2) is 36.7 Å². The van der Waals surface area contributed by atoms with E-state index in [9.17, 15) is 32.3 Å². The van der Waals surface area contributed by atoms with E-state index in [1.165, 1.54) is 25.4 Å². The number of likely N-dealkylation sites (N-methyl/N-ethyl adjacent to an activating group) is 1. The van der Waals surface area contributed by atoms with Gasteiger partial charge in [0, 0.05) is 70.2 Å². The van der Waals surface area contributed by atoms with E-state index in [2.05, 4.69) is 29.6 Å². The molecule has 0 radical (unpaired) electrons. The SMILES string of the molecule is CNC(=O)[C@@H](NC(=O)[C@@H]1CN(C(=O)c2cnn(Cc3ccc(F)cc3)c2)CC12CN(C(=O)[C@H]1CC1(C)C)C2)[C@@H](C)OCC1CCC(F)(F)CC1. The minimum atomic E-state index is -2.66. The molecule has 2 aliphatic heterocycles. The number of carbonyl (C=O) groups is 4. The fraction of sp³-hybridized carbons (Fsp3) is 0.639. The molecule has 4 fully saturated rings. The average molecular weight is 701 g/mol. The van der Waals surface area contributed by atoms with Crippen molar-refractivity contribution in [3.63, 3.8) is 0 Å². The van der Waals surface area contributed by atoms with Crippen LogP contribution >= 0.6 is 0 Å². The first-order valence-corrected chi connectivity index (χ1v) is 17.5. The molecular formula is C36H47F3N6O5. The summed E-state index contributed by atoms with van der Waals surface area (Å²) in [5.41, 5.74) is 0.384. The molecule has 2 aliphatic carbocycles. The predicted molar refractivity (Wildman–Crippen MR) is 176 cm³/mol. The molecule has 2 saturated heterocycles. The molecule has 272 valence electrons. The largest absolute Gasteiger partial charge is 0.376 e. The number of likely N-dealkylation sites (tertiary alicyclic amines) is 2. The Balaban J connectivity index is 1.15. The van der Waals surface area contributed by atoms with Gasteiger partial charge < -0.3 is 25.2 Å². The first kappa shape index (κ1) is 35.9. The van der Waals surface area contributed by atoms with Crippen LogP contribution in [-0.4, -0.2) is 101 Å². The summed E-state index contributed by atoms with van der Waals surface area (Å²) in [4.78, 5) is 57.6. The molecule has 1 spiro atoms. The Morgan fingerprint density at radius 1 is 1.02 bits per heavy atom. The van der Waals surface area contributed by atoms with Gasteiger partial charge >= 0.3 is 0 Å². The summed E-state index contributed by atoms with van der Waals surface area (Å²) in [5.74, 6) is -4.99. The summed E-state index contributed by atoms with van der Waals surface area (Å²) >= 11 is 0. The third-order valence-electron chi connectivity index (χ3n) is 11.3. The number of carbonyl (C=O) groups excluding carboxylic acids is 4. The van der Waals surface area contributed by atoms with Gasteiger partial charge in [0.05, 0.1) is 30.3 Å². The maximum atomic E-state index is 14.1. The minimum absolute atomic E-state index is 0.0531. The summed E-state index contributed by atoms with van der Waals surface area (Å²) in [6.45, 7) is 7.26. The van der Waals surface area contributed by atoms with Crippen LogP contribution in [-0.2, 0) is 25.7 Å². The Labute approximate surface area is 290 Å². The molecule has 4 aliphatic rings. The van der Waals surface area contributed by atoms with E-state index in [1.807, 2.05) is 0 Å². The van der Waals surface area contributed by atoms with Gasteiger partial charge in [0.15, 0.2) is 0 Å². The smallest absolute Gasteiger partial charge is 0.257 e. The zero-order valence-electron chi connectivity index (χ0n) is 29.1.